The lowest BCUT2D eigenvalue weighted by Crippen LogP contribution is -2.36. The number of benzene rings is 1. The van der Waals surface area contributed by atoms with E-state index < -0.39 is 12.4 Å². The second-order valence-corrected chi connectivity index (χ2v) is 3.49. The monoisotopic (exact) mass is 258 g/mol. The molecule has 5 nitrogen and oxygen atoms in total. The number of ether oxygens (including phenoxy) is 2. The topological polar surface area (TPSA) is 70.6 Å². The van der Waals surface area contributed by atoms with Gasteiger partial charge in [0.05, 0.1) is 5.88 Å². The van der Waals surface area contributed by atoms with Crippen LogP contribution in [0.5, 0.6) is 5.75 Å². The van der Waals surface area contributed by atoms with Gasteiger partial charge in [-0.3, -0.25) is 0 Å². The van der Waals surface area contributed by atoms with Crippen LogP contribution >= 0.6 is 11.6 Å². The van der Waals surface area contributed by atoms with Crippen molar-refractivity contribution in [3.05, 3.63) is 29.8 Å². The molecule has 0 heterocycles. The van der Waals surface area contributed by atoms with Gasteiger partial charge in [0.2, 0.25) is 6.29 Å². The Morgan fingerprint density at radius 2 is 2.24 bits per heavy atom. The van der Waals surface area contributed by atoms with Crippen molar-refractivity contribution in [1.29, 1.82) is 0 Å². The molecule has 0 aliphatic rings. The molecule has 0 aliphatic heterocycles. The standard InChI is InChI=1S/C11H14ClNO4/c1-16-10(6-12)17-9-5-3-2-4-8(9)7-13-11(14)15/h2-5,10,13H,6-7H2,1H3,(H,14,15)/p-1. The average Bonchev–Trinajstić information content (AvgIpc) is 2.34. The van der Waals surface area contributed by atoms with E-state index in [1.54, 1.807) is 24.3 Å². The van der Waals surface area contributed by atoms with Crippen molar-refractivity contribution in [2.24, 2.45) is 0 Å². The zero-order valence-electron chi connectivity index (χ0n) is 9.31. The quantitative estimate of drug-likeness (QED) is 0.603. The van der Waals surface area contributed by atoms with E-state index in [1.807, 2.05) is 0 Å². The number of hydrogen-bond acceptors (Lipinski definition) is 4. The summed E-state index contributed by atoms with van der Waals surface area (Å²) < 4.78 is 10.4. The number of rotatable bonds is 6. The number of carboxylic acid groups (broad SMARTS) is 1. The Morgan fingerprint density at radius 3 is 2.82 bits per heavy atom. The molecule has 1 aromatic rings. The van der Waals surface area contributed by atoms with E-state index in [0.29, 0.717) is 11.3 Å². The van der Waals surface area contributed by atoms with Crippen molar-refractivity contribution in [2.45, 2.75) is 12.8 Å². The molecule has 0 bridgehead atoms. The number of carbonyl (C=O) groups is 1. The van der Waals surface area contributed by atoms with Gasteiger partial charge in [-0.15, -0.1) is 11.6 Å². The zero-order chi connectivity index (χ0) is 12.7. The molecule has 0 spiro atoms. The molecule has 1 aromatic carbocycles. The number of amides is 1. The van der Waals surface area contributed by atoms with Crippen LogP contribution in [0.1, 0.15) is 5.56 Å². The Morgan fingerprint density at radius 1 is 1.53 bits per heavy atom. The highest BCUT2D eigenvalue weighted by Gasteiger charge is 2.10. The fourth-order valence-electron chi connectivity index (χ4n) is 1.22. The van der Waals surface area contributed by atoms with E-state index in [9.17, 15) is 9.90 Å². The first-order chi connectivity index (χ1) is 8.17. The van der Waals surface area contributed by atoms with Gasteiger partial charge in [-0.2, -0.15) is 0 Å². The minimum atomic E-state index is -1.33. The second-order valence-electron chi connectivity index (χ2n) is 3.19. The lowest BCUT2D eigenvalue weighted by atomic mass is 10.2. The normalized spacial score (nSPS) is 11.9. The Bertz CT molecular complexity index is 368. The molecule has 0 aliphatic carbocycles. The molecule has 0 saturated heterocycles. The van der Waals surface area contributed by atoms with Crippen LogP contribution < -0.4 is 15.2 Å². The first kappa shape index (κ1) is 13.6. The molecule has 1 rings (SSSR count). The lowest BCUT2D eigenvalue weighted by Gasteiger charge is -2.18. The number of hydrogen-bond donors (Lipinski definition) is 1. The summed E-state index contributed by atoms with van der Waals surface area (Å²) in [6.07, 6.45) is -1.90. The summed E-state index contributed by atoms with van der Waals surface area (Å²) in [6.45, 7) is 0.108. The molecular weight excluding hydrogens is 246 g/mol. The van der Waals surface area contributed by atoms with Gasteiger partial charge >= 0.3 is 0 Å². The largest absolute Gasteiger partial charge is 0.530 e. The molecule has 17 heavy (non-hydrogen) atoms. The average molecular weight is 259 g/mol. The van der Waals surface area contributed by atoms with Gasteiger partial charge in [0, 0.05) is 19.2 Å². The fourth-order valence-corrected chi connectivity index (χ4v) is 1.41. The minimum absolute atomic E-state index is 0.108. The van der Waals surface area contributed by atoms with Crippen LogP contribution in [0.4, 0.5) is 4.79 Å². The first-order valence-electron chi connectivity index (χ1n) is 4.95. The fraction of sp³-hybridized carbons (Fsp3) is 0.364. The van der Waals surface area contributed by atoms with Crippen molar-refractivity contribution < 1.29 is 19.4 Å². The van der Waals surface area contributed by atoms with Crippen LogP contribution in [-0.2, 0) is 11.3 Å². The summed E-state index contributed by atoms with van der Waals surface area (Å²) in [5, 5.41) is 12.5. The van der Waals surface area contributed by atoms with E-state index in [0.717, 1.165) is 0 Å². The molecule has 1 amide bonds. The number of alkyl halides is 1. The predicted molar refractivity (Wildman–Crippen MR) is 60.8 cm³/mol. The highest BCUT2D eigenvalue weighted by atomic mass is 35.5. The third-order valence-electron chi connectivity index (χ3n) is 2.04. The third-order valence-corrected chi connectivity index (χ3v) is 2.30. The van der Waals surface area contributed by atoms with E-state index in [1.165, 1.54) is 7.11 Å². The molecule has 1 N–H and O–H groups in total. The minimum Gasteiger partial charge on any atom is -0.530 e. The Hall–Kier alpha value is -1.46. The van der Waals surface area contributed by atoms with Gasteiger partial charge in [-0.25, -0.2) is 0 Å². The van der Waals surface area contributed by atoms with Crippen LogP contribution in [0.25, 0.3) is 0 Å². The molecule has 6 heteroatoms. The second kappa shape index (κ2) is 6.98. The van der Waals surface area contributed by atoms with Crippen molar-refractivity contribution in [1.82, 2.24) is 5.32 Å². The lowest BCUT2D eigenvalue weighted by molar-refractivity contribution is -0.251. The highest BCUT2D eigenvalue weighted by molar-refractivity contribution is 6.18. The predicted octanol–water partition coefficient (Wildman–Crippen LogP) is 0.710. The van der Waals surface area contributed by atoms with Gasteiger partial charge in [0.1, 0.15) is 11.8 Å². The first-order valence-corrected chi connectivity index (χ1v) is 5.49. The maximum atomic E-state index is 10.3. The van der Waals surface area contributed by atoms with E-state index in [2.05, 4.69) is 5.32 Å². The van der Waals surface area contributed by atoms with E-state index in [-0.39, 0.29) is 12.4 Å². The molecule has 0 aromatic heterocycles. The number of halogens is 1. The third kappa shape index (κ3) is 4.50. The van der Waals surface area contributed by atoms with E-state index in [4.69, 9.17) is 21.1 Å². The van der Waals surface area contributed by atoms with Crippen molar-refractivity contribution in [3.8, 4) is 5.75 Å². The van der Waals surface area contributed by atoms with Gasteiger partial charge in [-0.05, 0) is 6.07 Å². The van der Waals surface area contributed by atoms with E-state index >= 15 is 0 Å². The maximum Gasteiger partial charge on any atom is 0.213 e. The number of carbonyl (C=O) groups excluding carboxylic acids is 1. The van der Waals surface area contributed by atoms with Crippen LogP contribution in [0.15, 0.2) is 24.3 Å². The maximum absolute atomic E-state index is 10.3. The zero-order valence-corrected chi connectivity index (χ0v) is 10.1. The molecule has 0 radical (unpaired) electrons. The highest BCUT2D eigenvalue weighted by Crippen LogP contribution is 2.19. The van der Waals surface area contributed by atoms with Gasteiger partial charge < -0.3 is 24.7 Å². The van der Waals surface area contributed by atoms with Crippen LogP contribution in [0.2, 0.25) is 0 Å². The number of nitrogens with one attached hydrogen (secondary N) is 1. The summed E-state index contributed by atoms with van der Waals surface area (Å²) in [6, 6.07) is 7.01. The van der Waals surface area contributed by atoms with Crippen molar-refractivity contribution in [2.75, 3.05) is 13.0 Å². The van der Waals surface area contributed by atoms with Crippen LogP contribution in [0, 0.1) is 0 Å². The number of para-hydroxylation sites is 1. The summed E-state index contributed by atoms with van der Waals surface area (Å²) in [5.74, 6) is 0.701. The van der Waals surface area contributed by atoms with Crippen LogP contribution in [0.3, 0.4) is 0 Å². The van der Waals surface area contributed by atoms with Gasteiger partial charge in [-0.1, -0.05) is 18.2 Å². The summed E-state index contributed by atoms with van der Waals surface area (Å²) in [5.41, 5.74) is 0.684. The number of methoxy groups -OCH3 is 1. The summed E-state index contributed by atoms with van der Waals surface area (Å²) in [7, 11) is 1.48. The molecule has 0 saturated carbocycles. The smallest absolute Gasteiger partial charge is 0.213 e. The van der Waals surface area contributed by atoms with Gasteiger partial charge in [0.25, 0.3) is 0 Å². The molecular formula is C11H13ClNO4-. The van der Waals surface area contributed by atoms with Gasteiger partial charge in [0.15, 0.2) is 0 Å². The molecule has 1 atom stereocenters. The Balaban J connectivity index is 2.72. The molecule has 94 valence electrons. The van der Waals surface area contributed by atoms with Crippen molar-refractivity contribution >= 4 is 17.7 Å². The SMILES string of the molecule is COC(CCl)Oc1ccccc1CNC(=O)[O-]. The molecule has 1 unspecified atom stereocenters. The molecule has 0 fully saturated rings. The van der Waals surface area contributed by atoms with Crippen molar-refractivity contribution in [3.63, 3.8) is 0 Å². The summed E-state index contributed by atoms with van der Waals surface area (Å²) >= 11 is 5.63. The Labute approximate surface area is 104 Å². The van der Waals surface area contributed by atoms with Crippen LogP contribution in [-0.4, -0.2) is 25.4 Å². The Kier molecular flexibility index (Phi) is 5.59. The summed E-state index contributed by atoms with van der Waals surface area (Å²) in [4.78, 5) is 10.3.